The monoisotopic (exact) mass is 249 g/mol. The van der Waals surface area contributed by atoms with Gasteiger partial charge in [0.1, 0.15) is 12.4 Å². The second-order valence-corrected chi connectivity index (χ2v) is 4.62. The first-order valence-electron chi connectivity index (χ1n) is 5.57. The van der Waals surface area contributed by atoms with E-state index in [1.54, 1.807) is 11.3 Å². The molecule has 0 saturated carbocycles. The van der Waals surface area contributed by atoms with Gasteiger partial charge in [0.25, 0.3) is 0 Å². The minimum atomic E-state index is 0.0356. The van der Waals surface area contributed by atoms with Crippen LogP contribution in [0.3, 0.4) is 0 Å². The number of rotatable bonds is 5. The van der Waals surface area contributed by atoms with Gasteiger partial charge in [-0.1, -0.05) is 19.1 Å². The first-order valence-corrected chi connectivity index (χ1v) is 6.45. The molecule has 3 nitrogen and oxygen atoms in total. The molecule has 0 amide bonds. The standard InChI is InChI=1S/C13H15NO2S/c1-2-13-14-11(9-17-13)8-16-12-5-3-4-10(6-12)7-15/h3-6,9,15H,2,7-8H2,1H3. The van der Waals surface area contributed by atoms with Gasteiger partial charge >= 0.3 is 0 Å². The maximum atomic E-state index is 9.02. The molecule has 2 aromatic rings. The van der Waals surface area contributed by atoms with Crippen molar-refractivity contribution in [1.29, 1.82) is 0 Å². The SMILES string of the molecule is CCc1nc(COc2cccc(CO)c2)cs1. The van der Waals surface area contributed by atoms with Crippen LogP contribution in [0.25, 0.3) is 0 Å². The average Bonchev–Trinajstić information content (AvgIpc) is 2.84. The molecule has 17 heavy (non-hydrogen) atoms. The minimum Gasteiger partial charge on any atom is -0.487 e. The van der Waals surface area contributed by atoms with Gasteiger partial charge in [0.05, 0.1) is 17.3 Å². The molecule has 1 N–H and O–H groups in total. The van der Waals surface area contributed by atoms with Crippen LogP contribution in [0.2, 0.25) is 0 Å². The molecule has 0 radical (unpaired) electrons. The number of aliphatic hydroxyl groups excluding tert-OH is 1. The van der Waals surface area contributed by atoms with Gasteiger partial charge in [-0.2, -0.15) is 0 Å². The molecule has 90 valence electrons. The number of aryl methyl sites for hydroxylation is 1. The molecule has 0 atom stereocenters. The van der Waals surface area contributed by atoms with E-state index in [9.17, 15) is 0 Å². The predicted octanol–water partition coefficient (Wildman–Crippen LogP) is 2.78. The van der Waals surface area contributed by atoms with E-state index in [0.717, 1.165) is 28.4 Å². The summed E-state index contributed by atoms with van der Waals surface area (Å²) in [6.07, 6.45) is 0.963. The number of hydrogen-bond acceptors (Lipinski definition) is 4. The van der Waals surface area contributed by atoms with E-state index in [1.807, 2.05) is 29.6 Å². The Kier molecular flexibility index (Phi) is 4.12. The second kappa shape index (κ2) is 5.80. The van der Waals surface area contributed by atoms with Crippen LogP contribution < -0.4 is 4.74 Å². The predicted molar refractivity (Wildman–Crippen MR) is 68.2 cm³/mol. The van der Waals surface area contributed by atoms with Crippen LogP contribution in [0.5, 0.6) is 5.75 Å². The Bertz CT molecular complexity index is 482. The second-order valence-electron chi connectivity index (χ2n) is 3.68. The Morgan fingerprint density at radius 2 is 2.29 bits per heavy atom. The molecule has 0 aliphatic carbocycles. The molecule has 1 heterocycles. The Labute approximate surface area is 105 Å². The number of thiazole rings is 1. The zero-order chi connectivity index (χ0) is 12.1. The number of ether oxygens (including phenoxy) is 1. The van der Waals surface area contributed by atoms with Crippen molar-refractivity contribution in [3.63, 3.8) is 0 Å². The first-order chi connectivity index (χ1) is 8.31. The van der Waals surface area contributed by atoms with E-state index in [4.69, 9.17) is 9.84 Å². The zero-order valence-corrected chi connectivity index (χ0v) is 10.5. The molecule has 0 bridgehead atoms. The third kappa shape index (κ3) is 3.28. The minimum absolute atomic E-state index is 0.0356. The Balaban J connectivity index is 1.96. The van der Waals surface area contributed by atoms with Crippen molar-refractivity contribution in [3.8, 4) is 5.75 Å². The lowest BCUT2D eigenvalue weighted by molar-refractivity contribution is 0.277. The van der Waals surface area contributed by atoms with Gasteiger partial charge in [0, 0.05) is 5.38 Å². The summed E-state index contributed by atoms with van der Waals surface area (Å²) in [4.78, 5) is 4.43. The lowest BCUT2D eigenvalue weighted by Crippen LogP contribution is -1.96. The molecule has 0 spiro atoms. The highest BCUT2D eigenvalue weighted by Crippen LogP contribution is 2.16. The normalized spacial score (nSPS) is 10.5. The highest BCUT2D eigenvalue weighted by Gasteiger charge is 2.02. The van der Waals surface area contributed by atoms with Gasteiger partial charge in [0.2, 0.25) is 0 Å². The molecule has 1 aromatic heterocycles. The number of nitrogens with zero attached hydrogens (tertiary/aromatic N) is 1. The molecule has 0 aliphatic rings. The third-order valence-corrected chi connectivity index (χ3v) is 3.41. The van der Waals surface area contributed by atoms with Gasteiger partial charge in [0.15, 0.2) is 0 Å². The molecular weight excluding hydrogens is 234 g/mol. The number of benzene rings is 1. The number of hydrogen-bond donors (Lipinski definition) is 1. The first kappa shape index (κ1) is 12.1. The van der Waals surface area contributed by atoms with Crippen molar-refractivity contribution in [3.05, 3.63) is 45.9 Å². The molecule has 4 heteroatoms. The summed E-state index contributed by atoms with van der Waals surface area (Å²) < 4.78 is 5.63. The van der Waals surface area contributed by atoms with E-state index < -0.39 is 0 Å². The molecule has 1 aromatic carbocycles. The Morgan fingerprint density at radius 3 is 3.00 bits per heavy atom. The molecule has 0 aliphatic heterocycles. The fourth-order valence-electron chi connectivity index (χ4n) is 1.47. The van der Waals surface area contributed by atoms with Crippen LogP contribution in [0.4, 0.5) is 0 Å². The van der Waals surface area contributed by atoms with E-state index >= 15 is 0 Å². The smallest absolute Gasteiger partial charge is 0.131 e. The lowest BCUT2D eigenvalue weighted by atomic mass is 10.2. The quantitative estimate of drug-likeness (QED) is 0.886. The van der Waals surface area contributed by atoms with Gasteiger partial charge in [-0.15, -0.1) is 11.3 Å². The fourth-order valence-corrected chi connectivity index (χ4v) is 2.20. The summed E-state index contributed by atoms with van der Waals surface area (Å²) in [7, 11) is 0. The van der Waals surface area contributed by atoms with Crippen LogP contribution >= 0.6 is 11.3 Å². The summed E-state index contributed by atoms with van der Waals surface area (Å²) in [5.41, 5.74) is 1.82. The summed E-state index contributed by atoms with van der Waals surface area (Å²) in [6, 6.07) is 7.46. The summed E-state index contributed by atoms with van der Waals surface area (Å²) >= 11 is 1.66. The van der Waals surface area contributed by atoms with Gasteiger partial charge in [-0.05, 0) is 24.1 Å². The fraction of sp³-hybridized carbons (Fsp3) is 0.308. The maximum Gasteiger partial charge on any atom is 0.131 e. The maximum absolute atomic E-state index is 9.02. The highest BCUT2D eigenvalue weighted by molar-refractivity contribution is 7.09. The third-order valence-electron chi connectivity index (χ3n) is 2.37. The van der Waals surface area contributed by atoms with Crippen LogP contribution in [-0.4, -0.2) is 10.1 Å². The van der Waals surface area contributed by atoms with Crippen molar-refractivity contribution in [1.82, 2.24) is 4.98 Å². The van der Waals surface area contributed by atoms with E-state index in [0.29, 0.717) is 6.61 Å². The van der Waals surface area contributed by atoms with Crippen LogP contribution in [0, 0.1) is 0 Å². The van der Waals surface area contributed by atoms with Crippen molar-refractivity contribution in [2.75, 3.05) is 0 Å². The zero-order valence-electron chi connectivity index (χ0n) is 9.72. The van der Waals surface area contributed by atoms with Crippen LogP contribution in [0.1, 0.15) is 23.2 Å². The van der Waals surface area contributed by atoms with E-state index in [-0.39, 0.29) is 6.61 Å². The van der Waals surface area contributed by atoms with Crippen LogP contribution in [0.15, 0.2) is 29.6 Å². The average molecular weight is 249 g/mol. The summed E-state index contributed by atoms with van der Waals surface area (Å²) in [6.45, 7) is 2.60. The Morgan fingerprint density at radius 1 is 1.41 bits per heavy atom. The Hall–Kier alpha value is -1.39. The number of aromatic nitrogens is 1. The number of aliphatic hydroxyl groups is 1. The summed E-state index contributed by atoms with van der Waals surface area (Å²) in [5, 5.41) is 12.2. The van der Waals surface area contributed by atoms with Crippen molar-refractivity contribution < 1.29 is 9.84 Å². The molecule has 0 fully saturated rings. The van der Waals surface area contributed by atoms with E-state index in [2.05, 4.69) is 11.9 Å². The van der Waals surface area contributed by atoms with Crippen molar-refractivity contribution in [2.45, 2.75) is 26.6 Å². The molecular formula is C13H15NO2S. The topological polar surface area (TPSA) is 42.4 Å². The lowest BCUT2D eigenvalue weighted by Gasteiger charge is -2.05. The largest absolute Gasteiger partial charge is 0.487 e. The van der Waals surface area contributed by atoms with E-state index in [1.165, 1.54) is 0 Å². The van der Waals surface area contributed by atoms with Crippen molar-refractivity contribution >= 4 is 11.3 Å². The molecule has 0 unspecified atom stereocenters. The molecule has 0 saturated heterocycles. The molecule has 2 rings (SSSR count). The highest BCUT2D eigenvalue weighted by atomic mass is 32.1. The van der Waals surface area contributed by atoms with Crippen molar-refractivity contribution in [2.24, 2.45) is 0 Å². The van der Waals surface area contributed by atoms with Gasteiger partial charge < -0.3 is 9.84 Å². The van der Waals surface area contributed by atoms with Gasteiger partial charge in [-0.25, -0.2) is 4.98 Å². The van der Waals surface area contributed by atoms with Gasteiger partial charge in [-0.3, -0.25) is 0 Å². The van der Waals surface area contributed by atoms with Crippen LogP contribution in [-0.2, 0) is 19.6 Å². The summed E-state index contributed by atoms with van der Waals surface area (Å²) in [5.74, 6) is 0.766.